The van der Waals surface area contributed by atoms with Gasteiger partial charge < -0.3 is 5.32 Å². The van der Waals surface area contributed by atoms with Crippen molar-refractivity contribution in [2.24, 2.45) is 11.3 Å². The van der Waals surface area contributed by atoms with Crippen LogP contribution in [0, 0.1) is 11.3 Å². The maximum absolute atomic E-state index is 3.51. The molecule has 0 aliphatic carbocycles. The fraction of sp³-hybridized carbons (Fsp3) is 0.647. The molecule has 1 nitrogen and oxygen atoms in total. The predicted molar refractivity (Wildman–Crippen MR) is 81.0 cm³/mol. The van der Waals surface area contributed by atoms with Crippen molar-refractivity contribution >= 4 is 0 Å². The zero-order valence-electron chi connectivity index (χ0n) is 12.7. The zero-order valence-corrected chi connectivity index (χ0v) is 12.7. The first kappa shape index (κ1) is 15.2. The van der Waals surface area contributed by atoms with Gasteiger partial charge in [0.1, 0.15) is 0 Å². The monoisotopic (exact) mass is 247 g/mol. The van der Waals surface area contributed by atoms with Crippen molar-refractivity contribution in [3.63, 3.8) is 0 Å². The van der Waals surface area contributed by atoms with Gasteiger partial charge in [0.15, 0.2) is 0 Å². The molecule has 102 valence electrons. The number of nitrogens with one attached hydrogen (secondary N) is 1. The van der Waals surface area contributed by atoms with Gasteiger partial charge in [-0.15, -0.1) is 0 Å². The van der Waals surface area contributed by atoms with E-state index in [-0.39, 0.29) is 0 Å². The lowest BCUT2D eigenvalue weighted by molar-refractivity contribution is 0.209. The summed E-state index contributed by atoms with van der Waals surface area (Å²) in [6, 6.07) is 9.13. The third-order valence-electron chi connectivity index (χ3n) is 4.21. The third-order valence-corrected chi connectivity index (χ3v) is 4.21. The number of hydrogen-bond donors (Lipinski definition) is 1. The van der Waals surface area contributed by atoms with E-state index in [9.17, 15) is 0 Å². The molecule has 1 rings (SSSR count). The number of rotatable bonds is 7. The first-order valence-corrected chi connectivity index (χ1v) is 7.30. The minimum atomic E-state index is 0.337. The highest BCUT2D eigenvalue weighted by atomic mass is 14.9. The molecule has 1 heteroatoms. The molecule has 0 saturated carbocycles. The quantitative estimate of drug-likeness (QED) is 0.766. The number of hydrogen-bond acceptors (Lipinski definition) is 1. The second-order valence-corrected chi connectivity index (χ2v) is 5.94. The van der Waals surface area contributed by atoms with Crippen molar-refractivity contribution in [1.29, 1.82) is 0 Å². The lowest BCUT2D eigenvalue weighted by atomic mass is 9.74. The van der Waals surface area contributed by atoms with Gasteiger partial charge in [-0.1, -0.05) is 58.9 Å². The molecular formula is C17H29N. The molecule has 18 heavy (non-hydrogen) atoms. The van der Waals surface area contributed by atoms with Crippen LogP contribution in [0.2, 0.25) is 0 Å². The van der Waals surface area contributed by atoms with E-state index in [4.69, 9.17) is 0 Å². The summed E-state index contributed by atoms with van der Waals surface area (Å²) in [6.07, 6.45) is 2.28. The molecule has 0 aliphatic rings. The van der Waals surface area contributed by atoms with E-state index in [1.165, 1.54) is 11.1 Å². The fourth-order valence-corrected chi connectivity index (χ4v) is 2.24. The van der Waals surface area contributed by atoms with E-state index in [2.05, 4.69) is 64.2 Å². The van der Waals surface area contributed by atoms with Crippen molar-refractivity contribution in [3.8, 4) is 0 Å². The Labute approximate surface area is 113 Å². The summed E-state index contributed by atoms with van der Waals surface area (Å²) in [5.74, 6) is 0.683. The zero-order chi connectivity index (χ0) is 13.6. The predicted octanol–water partition coefficient (Wildman–Crippen LogP) is 4.06. The highest BCUT2D eigenvalue weighted by Gasteiger charge is 2.27. The van der Waals surface area contributed by atoms with E-state index in [1.54, 1.807) is 0 Å². The summed E-state index contributed by atoms with van der Waals surface area (Å²) in [5, 5.41) is 3.51. The van der Waals surface area contributed by atoms with Gasteiger partial charge in [-0.3, -0.25) is 0 Å². The smallest absolute Gasteiger partial charge is 0.00107 e. The summed E-state index contributed by atoms with van der Waals surface area (Å²) in [5.41, 5.74) is 3.22. The third kappa shape index (κ3) is 4.13. The van der Waals surface area contributed by atoms with Crippen LogP contribution in [0.15, 0.2) is 24.3 Å². The molecule has 0 aliphatic heterocycles. The fourth-order valence-electron chi connectivity index (χ4n) is 2.24. The van der Waals surface area contributed by atoms with Crippen LogP contribution in [-0.2, 0) is 12.8 Å². The van der Waals surface area contributed by atoms with Crippen LogP contribution < -0.4 is 5.32 Å². The van der Waals surface area contributed by atoms with Crippen LogP contribution in [0.4, 0.5) is 0 Å². The topological polar surface area (TPSA) is 12.0 Å². The standard InChI is InChI=1S/C17H29N/c1-6-15-8-10-16(11-9-15)12-17(5,14(3)4)13-18-7-2/h8-11,14,18H,6-7,12-13H2,1-5H3. The molecule has 1 unspecified atom stereocenters. The highest BCUT2D eigenvalue weighted by molar-refractivity contribution is 5.23. The van der Waals surface area contributed by atoms with Crippen LogP contribution in [-0.4, -0.2) is 13.1 Å². The Morgan fingerprint density at radius 3 is 2.06 bits per heavy atom. The molecule has 0 bridgehead atoms. The Balaban J connectivity index is 2.75. The van der Waals surface area contributed by atoms with Crippen molar-refractivity contribution in [1.82, 2.24) is 5.32 Å². The van der Waals surface area contributed by atoms with Crippen molar-refractivity contribution in [2.75, 3.05) is 13.1 Å². The molecule has 0 fully saturated rings. The largest absolute Gasteiger partial charge is 0.316 e. The minimum absolute atomic E-state index is 0.337. The van der Waals surface area contributed by atoms with Crippen LogP contribution in [0.3, 0.4) is 0 Å². The average Bonchev–Trinajstić information content (AvgIpc) is 2.37. The Hall–Kier alpha value is -0.820. The molecular weight excluding hydrogens is 218 g/mol. The van der Waals surface area contributed by atoms with E-state index in [0.717, 1.165) is 25.9 Å². The number of benzene rings is 1. The maximum atomic E-state index is 3.51. The van der Waals surface area contributed by atoms with Crippen LogP contribution >= 0.6 is 0 Å². The Morgan fingerprint density at radius 2 is 1.61 bits per heavy atom. The molecule has 1 atom stereocenters. The summed E-state index contributed by atoms with van der Waals surface area (Å²) < 4.78 is 0. The lowest BCUT2D eigenvalue weighted by Crippen LogP contribution is -2.37. The van der Waals surface area contributed by atoms with Gasteiger partial charge in [0.05, 0.1) is 0 Å². The van der Waals surface area contributed by atoms with Gasteiger partial charge >= 0.3 is 0 Å². The van der Waals surface area contributed by atoms with Crippen molar-refractivity contribution < 1.29 is 0 Å². The van der Waals surface area contributed by atoms with Gasteiger partial charge in [0.2, 0.25) is 0 Å². The van der Waals surface area contributed by atoms with E-state index in [0.29, 0.717) is 11.3 Å². The van der Waals surface area contributed by atoms with Gasteiger partial charge in [-0.2, -0.15) is 0 Å². The molecule has 1 N–H and O–H groups in total. The molecule has 0 amide bonds. The van der Waals surface area contributed by atoms with Gasteiger partial charge in [-0.05, 0) is 41.8 Å². The Bertz CT molecular complexity index is 339. The Kier molecular flexibility index (Phi) is 5.87. The second-order valence-electron chi connectivity index (χ2n) is 5.94. The summed E-state index contributed by atoms with van der Waals surface area (Å²) in [7, 11) is 0. The maximum Gasteiger partial charge on any atom is 0.00107 e. The second kappa shape index (κ2) is 6.94. The van der Waals surface area contributed by atoms with Crippen LogP contribution in [0.1, 0.15) is 45.7 Å². The van der Waals surface area contributed by atoms with Gasteiger partial charge in [0.25, 0.3) is 0 Å². The SMILES string of the molecule is CCNCC(C)(Cc1ccc(CC)cc1)C(C)C. The van der Waals surface area contributed by atoms with Crippen molar-refractivity contribution in [3.05, 3.63) is 35.4 Å². The molecule has 1 aromatic rings. The van der Waals surface area contributed by atoms with E-state index < -0.39 is 0 Å². The Morgan fingerprint density at radius 1 is 1.06 bits per heavy atom. The van der Waals surface area contributed by atoms with Crippen LogP contribution in [0.25, 0.3) is 0 Å². The van der Waals surface area contributed by atoms with Gasteiger partial charge in [-0.25, -0.2) is 0 Å². The minimum Gasteiger partial charge on any atom is -0.316 e. The summed E-state index contributed by atoms with van der Waals surface area (Å²) in [4.78, 5) is 0. The molecule has 0 saturated heterocycles. The lowest BCUT2D eigenvalue weighted by Gasteiger charge is -2.34. The van der Waals surface area contributed by atoms with E-state index in [1.807, 2.05) is 0 Å². The molecule has 1 aromatic carbocycles. The molecule has 0 radical (unpaired) electrons. The molecule has 0 aromatic heterocycles. The molecule has 0 heterocycles. The highest BCUT2D eigenvalue weighted by Crippen LogP contribution is 2.30. The van der Waals surface area contributed by atoms with Crippen molar-refractivity contribution in [2.45, 2.75) is 47.5 Å². The summed E-state index contributed by atoms with van der Waals surface area (Å²) >= 11 is 0. The van der Waals surface area contributed by atoms with Crippen LogP contribution in [0.5, 0.6) is 0 Å². The van der Waals surface area contributed by atoms with Gasteiger partial charge in [0, 0.05) is 6.54 Å². The van der Waals surface area contributed by atoms with E-state index >= 15 is 0 Å². The first-order chi connectivity index (χ1) is 8.51. The first-order valence-electron chi connectivity index (χ1n) is 7.30. The number of aryl methyl sites for hydroxylation is 1. The summed E-state index contributed by atoms with van der Waals surface area (Å²) in [6.45, 7) is 13.6. The average molecular weight is 247 g/mol. The normalized spacial score (nSPS) is 14.8. The molecule has 0 spiro atoms.